The van der Waals surface area contributed by atoms with Crippen molar-refractivity contribution in [3.8, 4) is 0 Å². The maximum atomic E-state index is 13.1. The summed E-state index contributed by atoms with van der Waals surface area (Å²) in [6.07, 6.45) is -2.26. The van der Waals surface area contributed by atoms with E-state index in [2.05, 4.69) is 4.98 Å². The zero-order chi connectivity index (χ0) is 10.9. The average molecular weight is 335 g/mol. The molecule has 76 valence electrons. The van der Waals surface area contributed by atoms with E-state index in [9.17, 15) is 18.0 Å². The lowest BCUT2D eigenvalue weighted by Gasteiger charge is -2.06. The lowest BCUT2D eigenvalue weighted by molar-refractivity contribution is 0.106. The Kier molecular flexibility index (Phi) is 3.71. The van der Waals surface area contributed by atoms with Crippen molar-refractivity contribution in [1.82, 2.24) is 4.98 Å². The monoisotopic (exact) mass is 335 g/mol. The molecule has 1 heterocycles. The van der Waals surface area contributed by atoms with Crippen LogP contribution < -0.4 is 0 Å². The van der Waals surface area contributed by atoms with Crippen molar-refractivity contribution in [1.29, 1.82) is 0 Å². The van der Waals surface area contributed by atoms with Crippen LogP contribution >= 0.6 is 34.2 Å². The summed E-state index contributed by atoms with van der Waals surface area (Å²) < 4.78 is 37.6. The molecule has 2 nitrogen and oxygen atoms in total. The fraction of sp³-hybridized carbons (Fsp3) is 0.143. The number of rotatable bonds is 2. The van der Waals surface area contributed by atoms with Gasteiger partial charge >= 0.3 is 0 Å². The number of hydrogen-bond donors (Lipinski definition) is 0. The number of hydrogen-bond acceptors (Lipinski definition) is 2. The molecule has 0 atom stereocenters. The van der Waals surface area contributed by atoms with Gasteiger partial charge in [0.1, 0.15) is 3.70 Å². The van der Waals surface area contributed by atoms with Crippen molar-refractivity contribution < 1.29 is 18.0 Å². The van der Waals surface area contributed by atoms with Crippen LogP contribution in [0.3, 0.4) is 0 Å². The average Bonchev–Trinajstić information content (AvgIpc) is 2.08. The fourth-order valence-corrected chi connectivity index (χ4v) is 1.43. The molecule has 1 aromatic rings. The SMILES string of the molecule is O=C(Cl)c1cnc(I)c(F)c1C(F)F. The van der Waals surface area contributed by atoms with E-state index in [-0.39, 0.29) is 3.70 Å². The van der Waals surface area contributed by atoms with Gasteiger partial charge in [0.05, 0.1) is 11.1 Å². The third-order valence-electron chi connectivity index (χ3n) is 1.44. The quantitative estimate of drug-likeness (QED) is 0.472. The molecule has 1 aromatic heterocycles. The number of carbonyl (C=O) groups is 1. The van der Waals surface area contributed by atoms with Crippen molar-refractivity contribution in [3.05, 3.63) is 26.8 Å². The fourth-order valence-electron chi connectivity index (χ4n) is 0.847. The molecule has 0 fully saturated rings. The largest absolute Gasteiger partial charge is 0.276 e. The van der Waals surface area contributed by atoms with E-state index in [1.54, 1.807) is 0 Å². The van der Waals surface area contributed by atoms with Crippen LogP contribution in [-0.4, -0.2) is 10.2 Å². The summed E-state index contributed by atoms with van der Waals surface area (Å²) in [5.41, 5.74) is -1.59. The first-order valence-electron chi connectivity index (χ1n) is 3.27. The third-order valence-corrected chi connectivity index (χ3v) is 2.40. The van der Waals surface area contributed by atoms with Gasteiger partial charge in [-0.1, -0.05) is 0 Å². The zero-order valence-electron chi connectivity index (χ0n) is 6.40. The molecule has 7 heteroatoms. The zero-order valence-corrected chi connectivity index (χ0v) is 9.31. The second-order valence-electron chi connectivity index (χ2n) is 2.26. The van der Waals surface area contributed by atoms with Gasteiger partial charge in [0.2, 0.25) is 0 Å². The highest BCUT2D eigenvalue weighted by Gasteiger charge is 2.24. The molecule has 0 aliphatic heterocycles. The van der Waals surface area contributed by atoms with Crippen LogP contribution in [0.4, 0.5) is 13.2 Å². The highest BCUT2D eigenvalue weighted by Crippen LogP contribution is 2.28. The molecule has 0 saturated heterocycles. The van der Waals surface area contributed by atoms with Crippen LogP contribution in [0, 0.1) is 9.52 Å². The topological polar surface area (TPSA) is 30.0 Å². The van der Waals surface area contributed by atoms with Crippen LogP contribution in [0.5, 0.6) is 0 Å². The number of aromatic nitrogens is 1. The molecule has 0 aromatic carbocycles. The standard InChI is InChI=1S/C7H2ClF3INO/c8-5(14)2-1-13-7(12)4(9)3(2)6(10)11/h1,6H. The highest BCUT2D eigenvalue weighted by atomic mass is 127. The number of pyridine rings is 1. The Morgan fingerprint density at radius 2 is 2.14 bits per heavy atom. The summed E-state index contributed by atoms with van der Waals surface area (Å²) in [6.45, 7) is 0. The number of nitrogens with zero attached hydrogens (tertiary/aromatic N) is 1. The van der Waals surface area contributed by atoms with Gasteiger partial charge in [-0.15, -0.1) is 0 Å². The van der Waals surface area contributed by atoms with Gasteiger partial charge in [0, 0.05) is 6.20 Å². The molecule has 0 spiro atoms. The van der Waals surface area contributed by atoms with Gasteiger partial charge in [-0.3, -0.25) is 4.79 Å². The van der Waals surface area contributed by atoms with E-state index in [1.165, 1.54) is 22.6 Å². The molecule has 0 aliphatic carbocycles. The molecule has 14 heavy (non-hydrogen) atoms. The maximum Gasteiger partial charge on any atom is 0.267 e. The number of carbonyl (C=O) groups excluding carboxylic acids is 1. The second-order valence-corrected chi connectivity index (χ2v) is 3.63. The van der Waals surface area contributed by atoms with E-state index >= 15 is 0 Å². The maximum absolute atomic E-state index is 13.1. The van der Waals surface area contributed by atoms with E-state index in [0.29, 0.717) is 0 Å². The van der Waals surface area contributed by atoms with Gasteiger partial charge in [-0.2, -0.15) is 0 Å². The summed E-state index contributed by atoms with van der Waals surface area (Å²) >= 11 is 6.44. The first-order chi connectivity index (χ1) is 6.45. The van der Waals surface area contributed by atoms with Gasteiger partial charge in [-0.05, 0) is 34.2 Å². The first kappa shape index (κ1) is 11.7. The Bertz CT molecular complexity index is 385. The Hall–Kier alpha value is -0.370. The minimum absolute atomic E-state index is 0.223. The molecule has 1 rings (SSSR count). The van der Waals surface area contributed by atoms with Crippen molar-refractivity contribution >= 4 is 39.4 Å². The predicted octanol–water partition coefficient (Wildman–Crippen LogP) is 3.14. The Morgan fingerprint density at radius 1 is 1.57 bits per heavy atom. The molecule has 0 radical (unpaired) electrons. The van der Waals surface area contributed by atoms with Gasteiger partial charge in [0.25, 0.3) is 11.7 Å². The Labute approximate surface area is 95.6 Å². The van der Waals surface area contributed by atoms with Crippen LogP contribution in [0.15, 0.2) is 6.20 Å². The third kappa shape index (κ3) is 2.17. The Morgan fingerprint density at radius 3 is 2.57 bits per heavy atom. The van der Waals surface area contributed by atoms with E-state index < -0.39 is 28.6 Å². The van der Waals surface area contributed by atoms with Crippen molar-refractivity contribution in [2.75, 3.05) is 0 Å². The Balaban J connectivity index is 3.45. The molecule has 0 bridgehead atoms. The second kappa shape index (κ2) is 4.43. The predicted molar refractivity (Wildman–Crippen MR) is 52.1 cm³/mol. The molecular weight excluding hydrogens is 333 g/mol. The first-order valence-corrected chi connectivity index (χ1v) is 4.72. The molecule has 0 unspecified atom stereocenters. The van der Waals surface area contributed by atoms with Crippen molar-refractivity contribution in [3.63, 3.8) is 0 Å². The van der Waals surface area contributed by atoms with Gasteiger partial charge < -0.3 is 0 Å². The molecule has 0 amide bonds. The van der Waals surface area contributed by atoms with Gasteiger partial charge in [0.15, 0.2) is 5.82 Å². The summed E-state index contributed by atoms with van der Waals surface area (Å²) in [4.78, 5) is 14.1. The van der Waals surface area contributed by atoms with Crippen LogP contribution in [0.1, 0.15) is 22.3 Å². The van der Waals surface area contributed by atoms with Crippen LogP contribution in [0.2, 0.25) is 0 Å². The minimum Gasteiger partial charge on any atom is -0.276 e. The summed E-state index contributed by atoms with van der Waals surface area (Å²) in [5, 5.41) is -1.15. The van der Waals surface area contributed by atoms with Crippen molar-refractivity contribution in [2.45, 2.75) is 6.43 Å². The molecule has 0 N–H and O–H groups in total. The summed E-state index contributed by atoms with van der Waals surface area (Å²) in [5.74, 6) is -1.20. The van der Waals surface area contributed by atoms with E-state index in [0.717, 1.165) is 6.20 Å². The minimum atomic E-state index is -3.09. The number of alkyl halides is 2. The molecular formula is C7H2ClF3INO. The molecule has 0 saturated carbocycles. The smallest absolute Gasteiger partial charge is 0.267 e. The normalized spacial score (nSPS) is 10.7. The summed E-state index contributed by atoms with van der Waals surface area (Å²) in [7, 11) is 0. The highest BCUT2D eigenvalue weighted by molar-refractivity contribution is 14.1. The number of halogens is 5. The van der Waals surface area contributed by atoms with Crippen LogP contribution in [-0.2, 0) is 0 Å². The van der Waals surface area contributed by atoms with E-state index in [1.807, 2.05) is 0 Å². The van der Waals surface area contributed by atoms with Crippen molar-refractivity contribution in [2.24, 2.45) is 0 Å². The van der Waals surface area contributed by atoms with E-state index in [4.69, 9.17) is 11.6 Å². The van der Waals surface area contributed by atoms with Crippen LogP contribution in [0.25, 0.3) is 0 Å². The lowest BCUT2D eigenvalue weighted by atomic mass is 10.1. The summed E-state index contributed by atoms with van der Waals surface area (Å²) in [6, 6.07) is 0. The molecule has 0 aliphatic rings. The lowest BCUT2D eigenvalue weighted by Crippen LogP contribution is -2.05. The van der Waals surface area contributed by atoms with Gasteiger partial charge in [-0.25, -0.2) is 18.2 Å².